The summed E-state index contributed by atoms with van der Waals surface area (Å²) < 4.78 is 30.8. The summed E-state index contributed by atoms with van der Waals surface area (Å²) in [5.41, 5.74) is 5.94. The molecule has 0 bridgehead atoms. The van der Waals surface area contributed by atoms with Crippen molar-refractivity contribution in [2.45, 2.75) is 17.7 Å². The Hall–Kier alpha value is 0.0900. The monoisotopic (exact) mass is 239 g/mol. The number of nitrogens with two attached hydrogens (primary N) is 1. The van der Waals surface area contributed by atoms with Crippen LogP contribution in [0.15, 0.2) is 29.2 Å². The van der Waals surface area contributed by atoms with Crippen LogP contribution in [0.25, 0.3) is 0 Å². The molecule has 1 aromatic carbocycles. The van der Waals surface area contributed by atoms with Crippen molar-refractivity contribution in [3.8, 4) is 0 Å². The van der Waals surface area contributed by atoms with Gasteiger partial charge in [-0.3, -0.25) is 4.55 Å². The molecule has 0 atom stereocenters. The fraction of sp³-hybridized carbons (Fsp3) is 0.333. The molecule has 1 rings (SSSR count). The zero-order valence-electron chi connectivity index (χ0n) is 7.68. The summed E-state index contributed by atoms with van der Waals surface area (Å²) in [6, 6.07) is 6.38. The number of rotatable bonds is 4. The zero-order valence-corrected chi connectivity index (χ0v) is 8.50. The molecule has 0 aromatic heterocycles. The van der Waals surface area contributed by atoms with Crippen LogP contribution in [0.4, 0.5) is 0 Å². The van der Waals surface area contributed by atoms with Gasteiger partial charge in [-0.1, -0.05) is 18.2 Å². The SMILES string of the molecule is NCCCc1ccccc1S(=O)(=O)O.[NaH]. The van der Waals surface area contributed by atoms with Crippen LogP contribution in [0.5, 0.6) is 0 Å². The van der Waals surface area contributed by atoms with Gasteiger partial charge in [-0.25, -0.2) is 0 Å². The van der Waals surface area contributed by atoms with Crippen LogP contribution < -0.4 is 5.73 Å². The Morgan fingerprint density at radius 1 is 1.27 bits per heavy atom. The fourth-order valence-electron chi connectivity index (χ4n) is 1.25. The van der Waals surface area contributed by atoms with E-state index in [4.69, 9.17) is 10.3 Å². The van der Waals surface area contributed by atoms with Gasteiger partial charge in [0.25, 0.3) is 10.1 Å². The van der Waals surface area contributed by atoms with Crippen LogP contribution in [0.2, 0.25) is 0 Å². The predicted octanol–water partition coefficient (Wildman–Crippen LogP) is 0.176. The third-order valence-corrected chi connectivity index (χ3v) is 2.85. The molecule has 0 fully saturated rings. The Balaban J connectivity index is 0.00000196. The van der Waals surface area contributed by atoms with E-state index < -0.39 is 10.1 Å². The minimum atomic E-state index is -4.10. The van der Waals surface area contributed by atoms with Crippen LogP contribution >= 0.6 is 0 Å². The first-order valence-corrected chi connectivity index (χ1v) is 5.75. The predicted molar refractivity (Wildman–Crippen MR) is 60.8 cm³/mol. The van der Waals surface area contributed by atoms with Gasteiger partial charge < -0.3 is 5.73 Å². The summed E-state index contributed by atoms with van der Waals surface area (Å²) >= 11 is 0. The van der Waals surface area contributed by atoms with Crippen molar-refractivity contribution in [2.24, 2.45) is 5.73 Å². The van der Waals surface area contributed by atoms with Gasteiger partial charge in [-0.15, -0.1) is 0 Å². The average Bonchev–Trinajstić information content (AvgIpc) is 2.14. The van der Waals surface area contributed by atoms with E-state index in [-0.39, 0.29) is 34.5 Å². The molecule has 80 valence electrons. The average molecular weight is 239 g/mol. The van der Waals surface area contributed by atoms with Crippen molar-refractivity contribution in [1.29, 1.82) is 0 Å². The quantitative estimate of drug-likeness (QED) is 0.580. The van der Waals surface area contributed by atoms with Crippen LogP contribution in [0, 0.1) is 0 Å². The summed E-state index contributed by atoms with van der Waals surface area (Å²) in [7, 11) is -4.10. The van der Waals surface area contributed by atoms with E-state index >= 15 is 0 Å². The first kappa shape index (κ1) is 15.1. The molecule has 6 heteroatoms. The van der Waals surface area contributed by atoms with Crippen molar-refractivity contribution in [3.63, 3.8) is 0 Å². The third kappa shape index (κ3) is 4.63. The van der Waals surface area contributed by atoms with Crippen LogP contribution in [0.3, 0.4) is 0 Å². The molecule has 0 saturated heterocycles. The van der Waals surface area contributed by atoms with E-state index in [1.54, 1.807) is 18.2 Å². The number of hydrogen-bond donors (Lipinski definition) is 2. The Kier molecular flexibility index (Phi) is 6.66. The van der Waals surface area contributed by atoms with Gasteiger partial charge in [0.15, 0.2) is 0 Å². The van der Waals surface area contributed by atoms with Crippen LogP contribution in [-0.4, -0.2) is 49.1 Å². The normalized spacial score (nSPS) is 10.8. The molecule has 0 spiro atoms. The van der Waals surface area contributed by atoms with Crippen LogP contribution in [0.1, 0.15) is 12.0 Å². The fourth-order valence-corrected chi connectivity index (χ4v) is 2.01. The van der Waals surface area contributed by atoms with E-state index in [0.717, 1.165) is 0 Å². The molecule has 15 heavy (non-hydrogen) atoms. The second kappa shape index (κ2) is 6.62. The van der Waals surface area contributed by atoms with Gasteiger partial charge in [-0.05, 0) is 31.0 Å². The van der Waals surface area contributed by atoms with Gasteiger partial charge in [-0.2, -0.15) is 8.42 Å². The second-order valence-corrected chi connectivity index (χ2v) is 4.36. The Morgan fingerprint density at radius 3 is 2.40 bits per heavy atom. The molecule has 0 aliphatic heterocycles. The van der Waals surface area contributed by atoms with Gasteiger partial charge in [0, 0.05) is 0 Å². The minimum absolute atomic E-state index is 0. The topological polar surface area (TPSA) is 80.4 Å². The Bertz CT molecular complexity index is 406. The van der Waals surface area contributed by atoms with Crippen molar-refractivity contribution in [3.05, 3.63) is 29.8 Å². The molecule has 0 heterocycles. The van der Waals surface area contributed by atoms with Crippen LogP contribution in [-0.2, 0) is 16.5 Å². The molecule has 0 aliphatic carbocycles. The maximum absolute atomic E-state index is 10.9. The summed E-state index contributed by atoms with van der Waals surface area (Å²) in [6.07, 6.45) is 1.26. The van der Waals surface area contributed by atoms with E-state index in [1.165, 1.54) is 6.07 Å². The van der Waals surface area contributed by atoms with Gasteiger partial charge >= 0.3 is 29.6 Å². The van der Waals surface area contributed by atoms with E-state index in [2.05, 4.69) is 0 Å². The van der Waals surface area contributed by atoms with E-state index in [0.29, 0.717) is 24.9 Å². The summed E-state index contributed by atoms with van der Waals surface area (Å²) in [5, 5.41) is 0. The number of benzene rings is 1. The molecule has 0 aliphatic rings. The van der Waals surface area contributed by atoms with E-state index in [9.17, 15) is 8.42 Å². The first-order chi connectivity index (χ1) is 6.55. The van der Waals surface area contributed by atoms with E-state index in [1.807, 2.05) is 0 Å². The van der Waals surface area contributed by atoms with Crippen molar-refractivity contribution in [2.75, 3.05) is 6.54 Å². The Morgan fingerprint density at radius 2 is 1.87 bits per heavy atom. The summed E-state index contributed by atoms with van der Waals surface area (Å²) in [5.74, 6) is 0. The summed E-state index contributed by atoms with van der Waals surface area (Å²) in [6.45, 7) is 0.500. The van der Waals surface area contributed by atoms with Gasteiger partial charge in [0.2, 0.25) is 0 Å². The molecule has 0 unspecified atom stereocenters. The number of aryl methyl sites for hydroxylation is 1. The number of hydrogen-bond acceptors (Lipinski definition) is 3. The first-order valence-electron chi connectivity index (χ1n) is 4.31. The zero-order chi connectivity index (χ0) is 10.6. The Labute approximate surface area is 112 Å². The maximum atomic E-state index is 10.9. The molecular formula is C9H14NNaO3S. The molecule has 1 aromatic rings. The van der Waals surface area contributed by atoms with Crippen molar-refractivity contribution < 1.29 is 13.0 Å². The van der Waals surface area contributed by atoms with Gasteiger partial charge in [0.1, 0.15) is 0 Å². The summed E-state index contributed by atoms with van der Waals surface area (Å²) in [4.78, 5) is -0.0200. The van der Waals surface area contributed by atoms with Crippen molar-refractivity contribution >= 4 is 39.7 Å². The van der Waals surface area contributed by atoms with Crippen molar-refractivity contribution in [1.82, 2.24) is 0 Å². The second-order valence-electron chi connectivity index (χ2n) is 2.98. The molecule has 0 amide bonds. The standard InChI is InChI=1S/C9H13NO3S.Na.H/c10-7-3-5-8-4-1-2-6-9(8)14(11,12)13;;/h1-2,4,6H,3,5,7,10H2,(H,11,12,13);;. The molecule has 3 N–H and O–H groups in total. The molecule has 0 radical (unpaired) electrons. The molecular weight excluding hydrogens is 225 g/mol. The molecule has 4 nitrogen and oxygen atoms in total. The third-order valence-electron chi connectivity index (χ3n) is 1.90. The van der Waals surface area contributed by atoms with Gasteiger partial charge in [0.05, 0.1) is 4.90 Å². The molecule has 0 saturated carbocycles.